The van der Waals surface area contributed by atoms with Crippen LogP contribution in [0.15, 0.2) is 33.7 Å². The van der Waals surface area contributed by atoms with Gasteiger partial charge in [-0.1, -0.05) is 17.3 Å². The Morgan fingerprint density at radius 1 is 1.40 bits per heavy atom. The highest BCUT2D eigenvalue weighted by Gasteiger charge is 2.18. The van der Waals surface area contributed by atoms with E-state index in [2.05, 4.69) is 23.4 Å². The zero-order valence-electron chi connectivity index (χ0n) is 8.06. The summed E-state index contributed by atoms with van der Waals surface area (Å²) in [6.45, 7) is 0. The van der Waals surface area contributed by atoms with Crippen molar-refractivity contribution >= 4 is 17.6 Å². The SMILES string of the molecule is Nc1cc(-c2cccc3c2SCC3)on1. The van der Waals surface area contributed by atoms with Gasteiger partial charge < -0.3 is 10.3 Å². The number of benzene rings is 1. The summed E-state index contributed by atoms with van der Waals surface area (Å²) >= 11 is 1.87. The Kier molecular flexibility index (Phi) is 1.95. The molecule has 2 aromatic rings. The fourth-order valence-electron chi connectivity index (χ4n) is 1.83. The van der Waals surface area contributed by atoms with Crippen LogP contribution in [0.3, 0.4) is 0 Å². The number of anilines is 1. The second-order valence-corrected chi connectivity index (χ2v) is 4.61. The van der Waals surface area contributed by atoms with E-state index >= 15 is 0 Å². The highest BCUT2D eigenvalue weighted by molar-refractivity contribution is 7.99. The van der Waals surface area contributed by atoms with Crippen LogP contribution >= 0.6 is 11.8 Å². The summed E-state index contributed by atoms with van der Waals surface area (Å²) in [4.78, 5) is 1.31. The Morgan fingerprint density at radius 3 is 3.13 bits per heavy atom. The van der Waals surface area contributed by atoms with Crippen molar-refractivity contribution in [3.63, 3.8) is 0 Å². The smallest absolute Gasteiger partial charge is 0.170 e. The van der Waals surface area contributed by atoms with E-state index < -0.39 is 0 Å². The molecule has 2 heterocycles. The average Bonchev–Trinajstić information content (AvgIpc) is 2.84. The molecular weight excluding hydrogens is 208 g/mol. The van der Waals surface area contributed by atoms with Crippen LogP contribution in [0.5, 0.6) is 0 Å². The van der Waals surface area contributed by atoms with Gasteiger partial charge in [-0.3, -0.25) is 0 Å². The minimum atomic E-state index is 0.436. The predicted octanol–water partition coefficient (Wildman–Crippen LogP) is 2.57. The second kappa shape index (κ2) is 3.31. The molecule has 1 aliphatic heterocycles. The minimum Gasteiger partial charge on any atom is -0.381 e. The van der Waals surface area contributed by atoms with Gasteiger partial charge in [0.2, 0.25) is 0 Å². The number of aromatic nitrogens is 1. The molecule has 0 amide bonds. The second-order valence-electron chi connectivity index (χ2n) is 3.51. The number of aryl methyl sites for hydroxylation is 1. The minimum absolute atomic E-state index is 0.436. The van der Waals surface area contributed by atoms with Gasteiger partial charge in [-0.05, 0) is 18.1 Å². The average molecular weight is 218 g/mol. The van der Waals surface area contributed by atoms with Crippen LogP contribution in [0.2, 0.25) is 0 Å². The topological polar surface area (TPSA) is 52.0 Å². The Balaban J connectivity index is 2.16. The quantitative estimate of drug-likeness (QED) is 0.799. The molecule has 0 fully saturated rings. The maximum atomic E-state index is 5.55. The Hall–Kier alpha value is -1.42. The molecule has 0 aliphatic carbocycles. The molecule has 0 bridgehead atoms. The molecule has 1 aliphatic rings. The maximum absolute atomic E-state index is 5.55. The van der Waals surface area contributed by atoms with Crippen molar-refractivity contribution in [2.45, 2.75) is 11.3 Å². The van der Waals surface area contributed by atoms with E-state index in [1.54, 1.807) is 6.07 Å². The number of nitrogens with two attached hydrogens (primary N) is 1. The number of hydrogen-bond acceptors (Lipinski definition) is 4. The van der Waals surface area contributed by atoms with Crippen molar-refractivity contribution in [2.24, 2.45) is 0 Å². The summed E-state index contributed by atoms with van der Waals surface area (Å²) in [7, 11) is 0. The lowest BCUT2D eigenvalue weighted by Gasteiger charge is -2.02. The molecule has 0 saturated carbocycles. The van der Waals surface area contributed by atoms with Crippen LogP contribution in [0.4, 0.5) is 5.82 Å². The number of nitrogens with zero attached hydrogens (tertiary/aromatic N) is 1. The number of nitrogen functional groups attached to an aromatic ring is 1. The first-order valence-corrected chi connectivity index (χ1v) is 5.80. The molecule has 0 radical (unpaired) electrons. The van der Waals surface area contributed by atoms with Crippen molar-refractivity contribution in [1.82, 2.24) is 5.16 Å². The molecule has 0 atom stereocenters. The standard InChI is InChI=1S/C11H10N2OS/c12-10-6-9(14-13-10)8-3-1-2-7-4-5-15-11(7)8/h1-3,6H,4-5H2,(H2,12,13). The summed E-state index contributed by atoms with van der Waals surface area (Å²) in [5.41, 5.74) is 8.06. The highest BCUT2D eigenvalue weighted by Crippen LogP contribution is 2.39. The molecule has 0 spiro atoms. The fourth-order valence-corrected chi connectivity index (χ4v) is 3.03. The lowest BCUT2D eigenvalue weighted by Crippen LogP contribution is -1.83. The highest BCUT2D eigenvalue weighted by atomic mass is 32.2. The van der Waals surface area contributed by atoms with E-state index in [-0.39, 0.29) is 0 Å². The molecule has 3 nitrogen and oxygen atoms in total. The van der Waals surface area contributed by atoms with E-state index in [1.807, 2.05) is 11.8 Å². The van der Waals surface area contributed by atoms with Crippen molar-refractivity contribution in [1.29, 1.82) is 0 Å². The van der Waals surface area contributed by atoms with Crippen LogP contribution < -0.4 is 5.73 Å². The maximum Gasteiger partial charge on any atom is 0.170 e. The lowest BCUT2D eigenvalue weighted by molar-refractivity contribution is 0.435. The normalized spacial score (nSPS) is 14.1. The van der Waals surface area contributed by atoms with Crippen LogP contribution in [-0.4, -0.2) is 10.9 Å². The Labute approximate surface area is 91.6 Å². The van der Waals surface area contributed by atoms with Gasteiger partial charge in [-0.2, -0.15) is 0 Å². The zero-order valence-corrected chi connectivity index (χ0v) is 8.88. The van der Waals surface area contributed by atoms with Crippen LogP contribution in [0.25, 0.3) is 11.3 Å². The Morgan fingerprint density at radius 2 is 2.33 bits per heavy atom. The summed E-state index contributed by atoms with van der Waals surface area (Å²) in [5, 5.41) is 3.71. The van der Waals surface area contributed by atoms with Crippen molar-refractivity contribution in [3.05, 3.63) is 29.8 Å². The monoisotopic (exact) mass is 218 g/mol. The third kappa shape index (κ3) is 1.41. The van der Waals surface area contributed by atoms with Crippen LogP contribution in [-0.2, 0) is 6.42 Å². The molecule has 4 heteroatoms. The van der Waals surface area contributed by atoms with E-state index in [0.717, 1.165) is 23.5 Å². The predicted molar refractivity (Wildman–Crippen MR) is 60.8 cm³/mol. The molecule has 1 aromatic heterocycles. The fraction of sp³-hybridized carbons (Fsp3) is 0.182. The van der Waals surface area contributed by atoms with Gasteiger partial charge in [0.1, 0.15) is 0 Å². The van der Waals surface area contributed by atoms with Crippen molar-refractivity contribution in [3.8, 4) is 11.3 Å². The van der Waals surface area contributed by atoms with Crippen molar-refractivity contribution < 1.29 is 4.52 Å². The molecule has 0 unspecified atom stereocenters. The van der Waals surface area contributed by atoms with E-state index in [9.17, 15) is 0 Å². The third-order valence-electron chi connectivity index (χ3n) is 2.51. The first-order chi connectivity index (χ1) is 7.34. The van der Waals surface area contributed by atoms with Gasteiger partial charge >= 0.3 is 0 Å². The van der Waals surface area contributed by atoms with Crippen LogP contribution in [0, 0.1) is 0 Å². The Bertz CT molecular complexity index is 507. The molecular formula is C11H10N2OS. The summed E-state index contributed by atoms with van der Waals surface area (Å²) in [6.07, 6.45) is 1.14. The number of rotatable bonds is 1. The molecule has 3 rings (SSSR count). The lowest BCUT2D eigenvalue weighted by atomic mass is 10.1. The third-order valence-corrected chi connectivity index (χ3v) is 3.69. The zero-order chi connectivity index (χ0) is 10.3. The molecule has 2 N–H and O–H groups in total. The van der Waals surface area contributed by atoms with Gasteiger partial charge in [0.25, 0.3) is 0 Å². The van der Waals surface area contributed by atoms with E-state index in [1.165, 1.54) is 10.5 Å². The summed E-state index contributed by atoms with van der Waals surface area (Å²) < 4.78 is 5.19. The molecule has 1 aromatic carbocycles. The number of fused-ring (bicyclic) bond motifs is 1. The van der Waals surface area contributed by atoms with E-state index in [0.29, 0.717) is 5.82 Å². The number of hydrogen-bond donors (Lipinski definition) is 1. The number of thioether (sulfide) groups is 1. The van der Waals surface area contributed by atoms with Gasteiger partial charge in [-0.15, -0.1) is 11.8 Å². The molecule has 15 heavy (non-hydrogen) atoms. The summed E-state index contributed by atoms with van der Waals surface area (Å²) in [6, 6.07) is 8.04. The van der Waals surface area contributed by atoms with Gasteiger partial charge in [0, 0.05) is 22.3 Å². The van der Waals surface area contributed by atoms with E-state index in [4.69, 9.17) is 10.3 Å². The van der Waals surface area contributed by atoms with Crippen LogP contribution in [0.1, 0.15) is 5.56 Å². The summed E-state index contributed by atoms with van der Waals surface area (Å²) in [5.74, 6) is 2.35. The first-order valence-electron chi connectivity index (χ1n) is 4.82. The molecule has 76 valence electrons. The first kappa shape index (κ1) is 8.85. The largest absolute Gasteiger partial charge is 0.381 e. The van der Waals surface area contributed by atoms with Gasteiger partial charge in [0.15, 0.2) is 11.6 Å². The van der Waals surface area contributed by atoms with Gasteiger partial charge in [0.05, 0.1) is 0 Å². The molecule has 0 saturated heterocycles. The van der Waals surface area contributed by atoms with Gasteiger partial charge in [-0.25, -0.2) is 0 Å². The van der Waals surface area contributed by atoms with Crippen molar-refractivity contribution in [2.75, 3.05) is 11.5 Å².